The van der Waals surface area contributed by atoms with Crippen molar-refractivity contribution in [1.82, 2.24) is 4.90 Å². The van der Waals surface area contributed by atoms with E-state index < -0.39 is 0 Å². The van der Waals surface area contributed by atoms with Crippen molar-refractivity contribution in [2.24, 2.45) is 0 Å². The van der Waals surface area contributed by atoms with E-state index in [1.165, 1.54) is 0 Å². The highest BCUT2D eigenvalue weighted by molar-refractivity contribution is 6.30. The molecular weight excluding hydrogens is 250 g/mol. The molecule has 18 heavy (non-hydrogen) atoms. The quantitative estimate of drug-likeness (QED) is 0.915. The Hall–Kier alpha value is -1.06. The summed E-state index contributed by atoms with van der Waals surface area (Å²) < 4.78 is 0. The fourth-order valence-corrected chi connectivity index (χ4v) is 2.69. The van der Waals surface area contributed by atoms with Crippen LogP contribution in [-0.2, 0) is 0 Å². The van der Waals surface area contributed by atoms with Crippen molar-refractivity contribution in [3.05, 3.63) is 34.9 Å². The molecule has 4 heteroatoms. The molecule has 2 rings (SSSR count). The van der Waals surface area contributed by atoms with Crippen LogP contribution in [-0.4, -0.2) is 35.1 Å². The summed E-state index contributed by atoms with van der Waals surface area (Å²) in [5, 5.41) is 9.65. The summed E-state index contributed by atoms with van der Waals surface area (Å²) in [6.45, 7) is 0.903. The second kappa shape index (κ2) is 6.21. The first-order valence-electron chi connectivity index (χ1n) is 6.40. The SMILES string of the molecule is O=C(c1cccc(Cl)c1)N1CCCC[C@H]1CCO. The van der Waals surface area contributed by atoms with E-state index in [2.05, 4.69) is 0 Å². The summed E-state index contributed by atoms with van der Waals surface area (Å²) in [6, 6.07) is 7.21. The molecule has 0 unspecified atom stereocenters. The largest absolute Gasteiger partial charge is 0.396 e. The van der Waals surface area contributed by atoms with E-state index in [-0.39, 0.29) is 18.6 Å². The van der Waals surface area contributed by atoms with Gasteiger partial charge >= 0.3 is 0 Å². The van der Waals surface area contributed by atoms with E-state index in [0.717, 1.165) is 25.8 Å². The third-order valence-electron chi connectivity index (χ3n) is 3.42. The van der Waals surface area contributed by atoms with Gasteiger partial charge in [0.2, 0.25) is 0 Å². The Kier molecular flexibility index (Phi) is 4.61. The van der Waals surface area contributed by atoms with E-state index >= 15 is 0 Å². The first-order valence-corrected chi connectivity index (χ1v) is 6.77. The highest BCUT2D eigenvalue weighted by Gasteiger charge is 2.26. The third-order valence-corrected chi connectivity index (χ3v) is 3.66. The molecule has 0 aliphatic carbocycles. The standard InChI is InChI=1S/C14H18ClNO2/c15-12-5-3-4-11(10-12)14(18)16-8-2-1-6-13(16)7-9-17/h3-5,10,13,17H,1-2,6-9H2/t13-/m0/s1. The van der Waals surface area contributed by atoms with Crippen molar-refractivity contribution in [1.29, 1.82) is 0 Å². The molecule has 1 aromatic carbocycles. The van der Waals surface area contributed by atoms with E-state index in [1.54, 1.807) is 24.3 Å². The number of amides is 1. The zero-order chi connectivity index (χ0) is 13.0. The summed E-state index contributed by atoms with van der Waals surface area (Å²) in [7, 11) is 0. The number of hydrogen-bond donors (Lipinski definition) is 1. The number of benzene rings is 1. The van der Waals surface area contributed by atoms with Crippen LogP contribution in [0.2, 0.25) is 5.02 Å². The topological polar surface area (TPSA) is 40.5 Å². The predicted molar refractivity (Wildman–Crippen MR) is 71.8 cm³/mol. The molecule has 1 aliphatic heterocycles. The van der Waals surface area contributed by atoms with Crippen LogP contribution >= 0.6 is 11.6 Å². The third kappa shape index (κ3) is 3.03. The van der Waals surface area contributed by atoms with E-state index in [1.807, 2.05) is 4.90 Å². The molecule has 1 aliphatic rings. The van der Waals surface area contributed by atoms with Crippen molar-refractivity contribution in [3.8, 4) is 0 Å². The van der Waals surface area contributed by atoms with Crippen LogP contribution < -0.4 is 0 Å². The van der Waals surface area contributed by atoms with Crippen LogP contribution in [0.25, 0.3) is 0 Å². The molecular formula is C14H18ClNO2. The Labute approximate surface area is 112 Å². The smallest absolute Gasteiger partial charge is 0.254 e. The number of likely N-dealkylation sites (tertiary alicyclic amines) is 1. The molecule has 98 valence electrons. The lowest BCUT2D eigenvalue weighted by molar-refractivity contribution is 0.0574. The lowest BCUT2D eigenvalue weighted by atomic mass is 9.98. The summed E-state index contributed by atoms with van der Waals surface area (Å²) >= 11 is 5.91. The average Bonchev–Trinajstić information content (AvgIpc) is 2.39. The maximum atomic E-state index is 12.4. The van der Waals surface area contributed by atoms with Gasteiger partial charge in [-0.2, -0.15) is 0 Å². The van der Waals surface area contributed by atoms with Crippen LogP contribution in [0.15, 0.2) is 24.3 Å². The summed E-state index contributed by atoms with van der Waals surface area (Å²) in [5.74, 6) is 0.0238. The van der Waals surface area contributed by atoms with Gasteiger partial charge in [-0.25, -0.2) is 0 Å². The molecule has 1 N–H and O–H groups in total. The normalized spacial score (nSPS) is 19.9. The molecule has 1 atom stereocenters. The maximum Gasteiger partial charge on any atom is 0.254 e. The second-order valence-electron chi connectivity index (χ2n) is 4.67. The molecule has 3 nitrogen and oxygen atoms in total. The molecule has 0 aromatic heterocycles. The lowest BCUT2D eigenvalue weighted by Gasteiger charge is -2.35. The van der Waals surface area contributed by atoms with Crippen LogP contribution in [0.5, 0.6) is 0 Å². The van der Waals surface area contributed by atoms with Gasteiger partial charge in [-0.15, -0.1) is 0 Å². The Balaban J connectivity index is 2.15. The maximum absolute atomic E-state index is 12.4. The Bertz CT molecular complexity index is 420. The highest BCUT2D eigenvalue weighted by Crippen LogP contribution is 2.22. The van der Waals surface area contributed by atoms with Crippen LogP contribution in [0.4, 0.5) is 0 Å². The van der Waals surface area contributed by atoms with Gasteiger partial charge in [-0.3, -0.25) is 4.79 Å². The Morgan fingerprint density at radius 3 is 3.00 bits per heavy atom. The minimum absolute atomic E-state index is 0.0238. The number of carbonyl (C=O) groups excluding carboxylic acids is 1. The minimum Gasteiger partial charge on any atom is -0.396 e. The molecule has 1 saturated heterocycles. The van der Waals surface area contributed by atoms with Crippen molar-refractivity contribution < 1.29 is 9.90 Å². The first-order chi connectivity index (χ1) is 8.72. The number of halogens is 1. The summed E-state index contributed by atoms with van der Waals surface area (Å²) in [6.07, 6.45) is 3.80. The summed E-state index contributed by atoms with van der Waals surface area (Å²) in [4.78, 5) is 14.3. The van der Waals surface area contributed by atoms with E-state index in [0.29, 0.717) is 17.0 Å². The fraction of sp³-hybridized carbons (Fsp3) is 0.500. The molecule has 1 aromatic rings. The molecule has 1 heterocycles. The van der Waals surface area contributed by atoms with Crippen molar-refractivity contribution in [2.75, 3.05) is 13.2 Å². The van der Waals surface area contributed by atoms with Gasteiger partial charge < -0.3 is 10.0 Å². The van der Waals surface area contributed by atoms with Gasteiger partial charge in [-0.05, 0) is 43.9 Å². The zero-order valence-electron chi connectivity index (χ0n) is 10.3. The van der Waals surface area contributed by atoms with Gasteiger partial charge in [-0.1, -0.05) is 17.7 Å². The van der Waals surface area contributed by atoms with Crippen molar-refractivity contribution in [2.45, 2.75) is 31.7 Å². The zero-order valence-corrected chi connectivity index (χ0v) is 11.1. The monoisotopic (exact) mass is 267 g/mol. The molecule has 0 radical (unpaired) electrons. The molecule has 0 bridgehead atoms. The van der Waals surface area contributed by atoms with E-state index in [9.17, 15) is 4.79 Å². The lowest BCUT2D eigenvalue weighted by Crippen LogP contribution is -2.44. The van der Waals surface area contributed by atoms with Gasteiger partial charge in [0.25, 0.3) is 5.91 Å². The fourth-order valence-electron chi connectivity index (χ4n) is 2.50. The minimum atomic E-state index is 0.0238. The summed E-state index contributed by atoms with van der Waals surface area (Å²) in [5.41, 5.74) is 0.632. The van der Waals surface area contributed by atoms with Gasteiger partial charge in [0, 0.05) is 29.8 Å². The number of hydrogen-bond acceptors (Lipinski definition) is 2. The second-order valence-corrected chi connectivity index (χ2v) is 5.11. The van der Waals surface area contributed by atoms with Crippen molar-refractivity contribution >= 4 is 17.5 Å². The molecule has 0 spiro atoms. The number of piperidine rings is 1. The molecule has 1 fully saturated rings. The van der Waals surface area contributed by atoms with Crippen LogP contribution in [0.3, 0.4) is 0 Å². The number of rotatable bonds is 3. The number of aliphatic hydroxyl groups is 1. The van der Waals surface area contributed by atoms with Crippen LogP contribution in [0, 0.1) is 0 Å². The number of aliphatic hydroxyl groups excluding tert-OH is 1. The predicted octanol–water partition coefficient (Wildman–Crippen LogP) is 2.72. The van der Waals surface area contributed by atoms with Crippen molar-refractivity contribution in [3.63, 3.8) is 0 Å². The number of nitrogens with zero attached hydrogens (tertiary/aromatic N) is 1. The Morgan fingerprint density at radius 1 is 1.44 bits per heavy atom. The first kappa shape index (κ1) is 13.4. The van der Waals surface area contributed by atoms with Crippen LogP contribution in [0.1, 0.15) is 36.0 Å². The molecule has 1 amide bonds. The van der Waals surface area contributed by atoms with E-state index in [4.69, 9.17) is 16.7 Å². The van der Waals surface area contributed by atoms with Gasteiger partial charge in [0.1, 0.15) is 0 Å². The van der Waals surface area contributed by atoms with Gasteiger partial charge in [0.05, 0.1) is 0 Å². The van der Waals surface area contributed by atoms with Gasteiger partial charge in [0.15, 0.2) is 0 Å². The number of carbonyl (C=O) groups is 1. The Morgan fingerprint density at radius 2 is 2.28 bits per heavy atom. The highest BCUT2D eigenvalue weighted by atomic mass is 35.5. The molecule has 0 saturated carbocycles. The average molecular weight is 268 g/mol.